The standard InChI is InChI=1S/C20H12O3/c21-17-6-4-14-9-15(8-13-2-1-3-16(17)20(13)14)12-5-7-18-19(10-12)23-11-22-18/h1-10H,11H2. The topological polar surface area (TPSA) is 35.5 Å². The van der Waals surface area contributed by atoms with Gasteiger partial charge < -0.3 is 9.47 Å². The molecule has 2 aliphatic rings. The van der Waals surface area contributed by atoms with Crippen LogP contribution < -0.4 is 9.47 Å². The molecule has 0 aromatic heterocycles. The number of carbonyl (C=O) groups is 1. The first-order chi connectivity index (χ1) is 11.3. The van der Waals surface area contributed by atoms with Gasteiger partial charge in [-0.3, -0.25) is 4.79 Å². The van der Waals surface area contributed by atoms with Crippen molar-refractivity contribution in [3.05, 3.63) is 65.7 Å². The minimum absolute atomic E-state index is 0.0685. The summed E-state index contributed by atoms with van der Waals surface area (Å²) in [5.74, 6) is 1.62. The molecular formula is C20H12O3. The van der Waals surface area contributed by atoms with Crippen molar-refractivity contribution in [1.29, 1.82) is 0 Å². The van der Waals surface area contributed by atoms with Gasteiger partial charge in [-0.2, -0.15) is 0 Å². The summed E-state index contributed by atoms with van der Waals surface area (Å²) < 4.78 is 10.8. The number of fused-ring (bicyclic) bond motifs is 1. The Balaban J connectivity index is 1.75. The van der Waals surface area contributed by atoms with Crippen LogP contribution in [0.1, 0.15) is 15.9 Å². The molecule has 0 amide bonds. The average molecular weight is 300 g/mol. The summed E-state index contributed by atoms with van der Waals surface area (Å²) in [5.41, 5.74) is 4.02. The Morgan fingerprint density at radius 3 is 2.70 bits per heavy atom. The highest BCUT2D eigenvalue weighted by molar-refractivity contribution is 6.20. The first kappa shape index (κ1) is 12.5. The maximum absolute atomic E-state index is 12.0. The third kappa shape index (κ3) is 1.80. The molecule has 3 aromatic carbocycles. The van der Waals surface area contributed by atoms with Crippen molar-refractivity contribution in [2.45, 2.75) is 0 Å². The van der Waals surface area contributed by atoms with Crippen molar-refractivity contribution >= 4 is 22.6 Å². The van der Waals surface area contributed by atoms with Gasteiger partial charge in [0.05, 0.1) is 0 Å². The normalized spacial score (nSPS) is 14.5. The van der Waals surface area contributed by atoms with Crippen molar-refractivity contribution in [2.75, 3.05) is 6.79 Å². The third-order valence-electron chi connectivity index (χ3n) is 4.39. The molecule has 0 atom stereocenters. The highest BCUT2D eigenvalue weighted by Gasteiger charge is 2.17. The number of benzene rings is 3. The smallest absolute Gasteiger partial charge is 0.231 e. The Hall–Kier alpha value is -3.07. The van der Waals surface area contributed by atoms with Crippen LogP contribution in [0, 0.1) is 0 Å². The number of rotatable bonds is 1. The molecule has 0 bridgehead atoms. The Morgan fingerprint density at radius 2 is 1.74 bits per heavy atom. The fraction of sp³-hybridized carbons (Fsp3) is 0.0500. The first-order valence-electron chi connectivity index (χ1n) is 7.49. The van der Waals surface area contributed by atoms with Crippen LogP contribution in [-0.4, -0.2) is 12.6 Å². The molecule has 0 saturated heterocycles. The molecule has 3 nitrogen and oxygen atoms in total. The van der Waals surface area contributed by atoms with Crippen LogP contribution in [0.25, 0.3) is 28.0 Å². The average Bonchev–Trinajstić information content (AvgIpc) is 3.05. The van der Waals surface area contributed by atoms with E-state index in [0.717, 1.165) is 44.5 Å². The molecule has 1 aliphatic carbocycles. The number of hydrogen-bond donors (Lipinski definition) is 0. The maximum atomic E-state index is 12.0. The summed E-state index contributed by atoms with van der Waals surface area (Å²) in [6.07, 6.45) is 3.54. The van der Waals surface area contributed by atoms with E-state index in [-0.39, 0.29) is 12.6 Å². The molecule has 1 aliphatic heterocycles. The van der Waals surface area contributed by atoms with Crippen molar-refractivity contribution in [1.82, 2.24) is 0 Å². The molecule has 0 spiro atoms. The number of hydrogen-bond acceptors (Lipinski definition) is 3. The predicted octanol–water partition coefficient (Wildman–Crippen LogP) is 4.45. The van der Waals surface area contributed by atoms with E-state index < -0.39 is 0 Å². The van der Waals surface area contributed by atoms with E-state index in [4.69, 9.17) is 9.47 Å². The van der Waals surface area contributed by atoms with E-state index in [9.17, 15) is 4.79 Å². The van der Waals surface area contributed by atoms with Gasteiger partial charge in [0.2, 0.25) is 6.79 Å². The Kier molecular flexibility index (Phi) is 2.42. The van der Waals surface area contributed by atoms with Crippen molar-refractivity contribution in [2.24, 2.45) is 0 Å². The molecule has 0 saturated carbocycles. The molecule has 0 unspecified atom stereocenters. The van der Waals surface area contributed by atoms with Crippen LogP contribution in [0.3, 0.4) is 0 Å². The second-order valence-electron chi connectivity index (χ2n) is 5.73. The van der Waals surface area contributed by atoms with Crippen LogP contribution in [0.15, 0.2) is 54.6 Å². The number of ether oxygens (including phenoxy) is 2. The molecule has 3 aromatic rings. The van der Waals surface area contributed by atoms with E-state index >= 15 is 0 Å². The Labute approximate surface area is 132 Å². The second-order valence-corrected chi connectivity index (χ2v) is 5.73. The van der Waals surface area contributed by atoms with Gasteiger partial charge in [0.25, 0.3) is 0 Å². The lowest BCUT2D eigenvalue weighted by atomic mass is 9.89. The molecule has 0 fully saturated rings. The number of carbonyl (C=O) groups excluding carboxylic acids is 1. The van der Waals surface area contributed by atoms with Crippen molar-refractivity contribution in [3.63, 3.8) is 0 Å². The van der Waals surface area contributed by atoms with E-state index in [1.54, 1.807) is 6.08 Å². The third-order valence-corrected chi connectivity index (χ3v) is 4.39. The molecule has 23 heavy (non-hydrogen) atoms. The summed E-state index contributed by atoms with van der Waals surface area (Å²) in [5, 5.41) is 2.11. The van der Waals surface area contributed by atoms with Gasteiger partial charge in [0, 0.05) is 10.9 Å². The van der Waals surface area contributed by atoms with Gasteiger partial charge in [-0.1, -0.05) is 30.3 Å². The zero-order valence-electron chi connectivity index (χ0n) is 12.2. The first-order valence-corrected chi connectivity index (χ1v) is 7.49. The molecule has 110 valence electrons. The van der Waals surface area contributed by atoms with Gasteiger partial charge in [0.15, 0.2) is 17.3 Å². The van der Waals surface area contributed by atoms with Gasteiger partial charge in [-0.25, -0.2) is 0 Å². The molecule has 1 heterocycles. The largest absolute Gasteiger partial charge is 0.454 e. The minimum atomic E-state index is 0.0685. The lowest BCUT2D eigenvalue weighted by molar-refractivity contribution is 0.104. The Morgan fingerprint density at radius 1 is 0.826 bits per heavy atom. The lowest BCUT2D eigenvalue weighted by Crippen LogP contribution is -2.01. The van der Waals surface area contributed by atoms with Crippen LogP contribution in [-0.2, 0) is 0 Å². The second kappa shape index (κ2) is 4.46. The van der Waals surface area contributed by atoms with E-state index in [1.807, 2.05) is 42.5 Å². The fourth-order valence-corrected chi connectivity index (χ4v) is 3.30. The van der Waals surface area contributed by atoms with Crippen LogP contribution in [0.4, 0.5) is 0 Å². The zero-order valence-corrected chi connectivity index (χ0v) is 12.2. The monoisotopic (exact) mass is 300 g/mol. The highest BCUT2D eigenvalue weighted by Crippen LogP contribution is 2.38. The maximum Gasteiger partial charge on any atom is 0.231 e. The summed E-state index contributed by atoms with van der Waals surface area (Å²) in [6.45, 7) is 0.274. The van der Waals surface area contributed by atoms with Gasteiger partial charge in [-0.05, 0) is 52.4 Å². The SMILES string of the molecule is O=C1C=Cc2cc(-c3ccc4c(c3)OCO4)cc3cccc1c23. The summed E-state index contributed by atoms with van der Waals surface area (Å²) in [4.78, 5) is 12.0. The van der Waals surface area contributed by atoms with Gasteiger partial charge in [0.1, 0.15) is 0 Å². The van der Waals surface area contributed by atoms with E-state index in [0.29, 0.717) is 0 Å². The predicted molar refractivity (Wildman–Crippen MR) is 88.9 cm³/mol. The fourth-order valence-electron chi connectivity index (χ4n) is 3.30. The molecule has 0 N–H and O–H groups in total. The van der Waals surface area contributed by atoms with Crippen LogP contribution >= 0.6 is 0 Å². The van der Waals surface area contributed by atoms with E-state index in [2.05, 4.69) is 12.1 Å². The number of ketones is 1. The molecule has 0 radical (unpaired) electrons. The van der Waals surface area contributed by atoms with Gasteiger partial charge >= 0.3 is 0 Å². The van der Waals surface area contributed by atoms with E-state index in [1.165, 1.54) is 0 Å². The molecule has 3 heteroatoms. The molecule has 5 rings (SSSR count). The zero-order chi connectivity index (χ0) is 15.4. The van der Waals surface area contributed by atoms with Crippen LogP contribution in [0.2, 0.25) is 0 Å². The van der Waals surface area contributed by atoms with Gasteiger partial charge in [-0.15, -0.1) is 0 Å². The van der Waals surface area contributed by atoms with Crippen molar-refractivity contribution in [3.8, 4) is 22.6 Å². The quantitative estimate of drug-likeness (QED) is 0.666. The minimum Gasteiger partial charge on any atom is -0.454 e. The summed E-state index contributed by atoms with van der Waals surface area (Å²) in [7, 11) is 0. The van der Waals surface area contributed by atoms with Crippen LogP contribution in [0.5, 0.6) is 11.5 Å². The molecular weight excluding hydrogens is 288 g/mol. The van der Waals surface area contributed by atoms with Crippen molar-refractivity contribution < 1.29 is 14.3 Å². The Bertz CT molecular complexity index is 1010. The highest BCUT2D eigenvalue weighted by atomic mass is 16.7. The number of allylic oxidation sites excluding steroid dienone is 1. The summed E-state index contributed by atoms with van der Waals surface area (Å²) >= 11 is 0. The summed E-state index contributed by atoms with van der Waals surface area (Å²) in [6, 6.07) is 16.1. The lowest BCUT2D eigenvalue weighted by Gasteiger charge is -2.14.